The number of alkyl halides is 3. The number of nitrogens with zero attached hydrogens (tertiary/aromatic N) is 2. The van der Waals surface area contributed by atoms with Crippen LogP contribution in [0, 0.1) is 11.3 Å². The van der Waals surface area contributed by atoms with Crippen LogP contribution in [0.3, 0.4) is 0 Å². The van der Waals surface area contributed by atoms with Gasteiger partial charge in [0.15, 0.2) is 0 Å². The molecule has 0 amide bonds. The van der Waals surface area contributed by atoms with Crippen molar-refractivity contribution in [2.45, 2.75) is 12.7 Å². The van der Waals surface area contributed by atoms with Gasteiger partial charge in [-0.25, -0.2) is 0 Å². The zero-order chi connectivity index (χ0) is 14.6. The van der Waals surface area contributed by atoms with Gasteiger partial charge in [0, 0.05) is 6.20 Å². The second-order valence-electron chi connectivity index (χ2n) is 4.04. The largest absolute Gasteiger partial charge is 0.416 e. The van der Waals surface area contributed by atoms with E-state index in [0.29, 0.717) is 12.2 Å². The molecule has 0 aliphatic heterocycles. The molecule has 102 valence electrons. The first-order valence-corrected chi connectivity index (χ1v) is 5.76. The number of rotatable bonds is 3. The monoisotopic (exact) mass is 277 g/mol. The van der Waals surface area contributed by atoms with Gasteiger partial charge in [-0.3, -0.25) is 4.98 Å². The summed E-state index contributed by atoms with van der Waals surface area (Å²) in [4.78, 5) is 4.08. The fourth-order valence-corrected chi connectivity index (χ4v) is 1.66. The summed E-state index contributed by atoms with van der Waals surface area (Å²) in [6, 6.07) is 10.2. The van der Waals surface area contributed by atoms with E-state index in [2.05, 4.69) is 10.3 Å². The van der Waals surface area contributed by atoms with E-state index < -0.39 is 11.7 Å². The number of halogens is 3. The van der Waals surface area contributed by atoms with Crippen LogP contribution in [0.25, 0.3) is 0 Å². The Kier molecular flexibility index (Phi) is 3.89. The van der Waals surface area contributed by atoms with E-state index in [-0.39, 0.29) is 5.56 Å². The normalized spacial score (nSPS) is 10.9. The highest BCUT2D eigenvalue weighted by molar-refractivity contribution is 5.59. The molecular weight excluding hydrogens is 267 g/mol. The van der Waals surface area contributed by atoms with Crippen LogP contribution in [0.15, 0.2) is 42.6 Å². The highest BCUT2D eigenvalue weighted by Gasteiger charge is 2.31. The first-order valence-electron chi connectivity index (χ1n) is 5.76. The van der Waals surface area contributed by atoms with Gasteiger partial charge in [-0.15, -0.1) is 0 Å². The molecule has 20 heavy (non-hydrogen) atoms. The molecule has 0 saturated carbocycles. The maximum atomic E-state index is 12.5. The van der Waals surface area contributed by atoms with Crippen LogP contribution < -0.4 is 5.32 Å². The molecule has 3 nitrogen and oxygen atoms in total. The van der Waals surface area contributed by atoms with E-state index in [0.717, 1.165) is 17.8 Å². The van der Waals surface area contributed by atoms with Gasteiger partial charge >= 0.3 is 6.18 Å². The first kappa shape index (κ1) is 13.9. The average Bonchev–Trinajstić information content (AvgIpc) is 2.45. The molecule has 2 aromatic rings. The maximum absolute atomic E-state index is 12.5. The minimum Gasteiger partial charge on any atom is -0.378 e. The van der Waals surface area contributed by atoms with Crippen LogP contribution in [0.5, 0.6) is 0 Å². The second-order valence-corrected chi connectivity index (χ2v) is 4.04. The van der Waals surface area contributed by atoms with Crippen molar-refractivity contribution in [1.29, 1.82) is 5.26 Å². The smallest absolute Gasteiger partial charge is 0.378 e. The van der Waals surface area contributed by atoms with E-state index in [1.165, 1.54) is 6.07 Å². The van der Waals surface area contributed by atoms with Crippen molar-refractivity contribution in [1.82, 2.24) is 4.98 Å². The third kappa shape index (κ3) is 3.26. The summed E-state index contributed by atoms with van der Waals surface area (Å²) in [5.41, 5.74) is 0.204. The second kappa shape index (κ2) is 5.61. The molecule has 0 spiro atoms. The van der Waals surface area contributed by atoms with Gasteiger partial charge < -0.3 is 5.32 Å². The number of nitriles is 1. The lowest BCUT2D eigenvalue weighted by Crippen LogP contribution is -2.07. The van der Waals surface area contributed by atoms with Gasteiger partial charge in [0.25, 0.3) is 0 Å². The van der Waals surface area contributed by atoms with Crippen molar-refractivity contribution in [2.75, 3.05) is 5.32 Å². The molecule has 1 aromatic heterocycles. The lowest BCUT2D eigenvalue weighted by atomic mass is 10.1. The number of aromatic nitrogens is 1. The SMILES string of the molecule is N#Cc1cc(C(F)(F)F)ccc1NCc1ccccn1. The minimum absolute atomic E-state index is 0.0456. The van der Waals surface area contributed by atoms with Gasteiger partial charge in [-0.05, 0) is 30.3 Å². The molecule has 0 fully saturated rings. The van der Waals surface area contributed by atoms with Gasteiger partial charge in [0.1, 0.15) is 6.07 Å². The number of benzene rings is 1. The molecule has 2 rings (SSSR count). The zero-order valence-corrected chi connectivity index (χ0v) is 10.3. The Morgan fingerprint density at radius 2 is 2.00 bits per heavy atom. The number of pyridine rings is 1. The van der Waals surface area contributed by atoms with Gasteiger partial charge in [0.05, 0.1) is 29.1 Å². The Labute approximate surface area is 113 Å². The quantitative estimate of drug-likeness (QED) is 0.932. The van der Waals surface area contributed by atoms with Crippen LogP contribution in [0.2, 0.25) is 0 Å². The van der Waals surface area contributed by atoms with E-state index in [1.54, 1.807) is 24.4 Å². The van der Waals surface area contributed by atoms with Crippen LogP contribution in [-0.2, 0) is 12.7 Å². The molecule has 1 aromatic carbocycles. The van der Waals surface area contributed by atoms with Crippen molar-refractivity contribution < 1.29 is 13.2 Å². The van der Waals surface area contributed by atoms with E-state index >= 15 is 0 Å². The lowest BCUT2D eigenvalue weighted by Gasteiger charge is -2.11. The Morgan fingerprint density at radius 1 is 1.20 bits per heavy atom. The highest BCUT2D eigenvalue weighted by Crippen LogP contribution is 2.31. The summed E-state index contributed by atoms with van der Waals surface area (Å²) in [6.45, 7) is 0.334. The fourth-order valence-electron chi connectivity index (χ4n) is 1.66. The van der Waals surface area contributed by atoms with Crippen LogP contribution >= 0.6 is 0 Å². The molecule has 0 bridgehead atoms. The minimum atomic E-state index is -4.45. The summed E-state index contributed by atoms with van der Waals surface area (Å²) in [5.74, 6) is 0. The molecule has 0 radical (unpaired) electrons. The van der Waals surface area contributed by atoms with Crippen molar-refractivity contribution in [3.05, 3.63) is 59.4 Å². The van der Waals surface area contributed by atoms with E-state index in [1.807, 2.05) is 6.07 Å². The topological polar surface area (TPSA) is 48.7 Å². The highest BCUT2D eigenvalue weighted by atomic mass is 19.4. The molecule has 0 saturated heterocycles. The third-order valence-corrected chi connectivity index (χ3v) is 2.65. The summed E-state index contributed by atoms with van der Waals surface area (Å²) < 4.78 is 37.6. The number of hydrogen-bond acceptors (Lipinski definition) is 3. The Bertz CT molecular complexity index is 630. The Hall–Kier alpha value is -2.55. The van der Waals surface area contributed by atoms with E-state index in [9.17, 15) is 13.2 Å². The van der Waals surface area contributed by atoms with Gasteiger partial charge in [0.2, 0.25) is 0 Å². The number of hydrogen-bond donors (Lipinski definition) is 1. The average molecular weight is 277 g/mol. The van der Waals surface area contributed by atoms with Crippen LogP contribution in [0.4, 0.5) is 18.9 Å². The molecular formula is C14H10F3N3. The van der Waals surface area contributed by atoms with Crippen molar-refractivity contribution in [2.24, 2.45) is 0 Å². The fraction of sp³-hybridized carbons (Fsp3) is 0.143. The number of nitrogens with one attached hydrogen (secondary N) is 1. The standard InChI is InChI=1S/C14H10F3N3/c15-14(16,17)11-4-5-13(10(7-11)8-18)20-9-12-3-1-2-6-19-12/h1-7,20H,9H2. The van der Waals surface area contributed by atoms with Crippen molar-refractivity contribution in [3.63, 3.8) is 0 Å². The van der Waals surface area contributed by atoms with E-state index in [4.69, 9.17) is 5.26 Å². The molecule has 6 heteroatoms. The Morgan fingerprint density at radius 3 is 2.60 bits per heavy atom. The van der Waals surface area contributed by atoms with Crippen molar-refractivity contribution in [3.8, 4) is 6.07 Å². The number of anilines is 1. The van der Waals surface area contributed by atoms with Crippen LogP contribution in [0.1, 0.15) is 16.8 Å². The molecule has 0 atom stereocenters. The molecule has 0 aliphatic rings. The predicted molar refractivity (Wildman–Crippen MR) is 67.7 cm³/mol. The van der Waals surface area contributed by atoms with Crippen LogP contribution in [-0.4, -0.2) is 4.98 Å². The molecule has 1 heterocycles. The van der Waals surface area contributed by atoms with Gasteiger partial charge in [-0.2, -0.15) is 18.4 Å². The lowest BCUT2D eigenvalue weighted by molar-refractivity contribution is -0.137. The summed E-state index contributed by atoms with van der Waals surface area (Å²) in [6.07, 6.45) is -2.83. The third-order valence-electron chi connectivity index (χ3n) is 2.65. The first-order chi connectivity index (χ1) is 9.50. The predicted octanol–water partition coefficient (Wildman–Crippen LogP) is 3.58. The Balaban J connectivity index is 2.19. The summed E-state index contributed by atoms with van der Waals surface area (Å²) in [5, 5.41) is 11.8. The van der Waals surface area contributed by atoms with Gasteiger partial charge in [-0.1, -0.05) is 6.07 Å². The summed E-state index contributed by atoms with van der Waals surface area (Å²) in [7, 11) is 0. The molecule has 1 N–H and O–H groups in total. The summed E-state index contributed by atoms with van der Waals surface area (Å²) >= 11 is 0. The zero-order valence-electron chi connectivity index (χ0n) is 10.3. The molecule has 0 unspecified atom stereocenters. The van der Waals surface area contributed by atoms with Crippen molar-refractivity contribution >= 4 is 5.69 Å². The molecule has 0 aliphatic carbocycles. The maximum Gasteiger partial charge on any atom is 0.416 e.